The van der Waals surface area contributed by atoms with Gasteiger partial charge in [-0.25, -0.2) is 0 Å². The van der Waals surface area contributed by atoms with Crippen LogP contribution in [-0.4, -0.2) is 18.3 Å². The zero-order valence-electron chi connectivity index (χ0n) is 12.7. The van der Waals surface area contributed by atoms with E-state index in [0.717, 1.165) is 12.8 Å². The van der Waals surface area contributed by atoms with Gasteiger partial charge in [-0.2, -0.15) is 0 Å². The summed E-state index contributed by atoms with van der Waals surface area (Å²) < 4.78 is 12.4. The Bertz CT molecular complexity index is 231. The van der Waals surface area contributed by atoms with E-state index in [1.165, 1.54) is 6.42 Å². The van der Waals surface area contributed by atoms with E-state index in [9.17, 15) is 0 Å². The summed E-state index contributed by atoms with van der Waals surface area (Å²) in [5.41, 5.74) is -0.0544. The Hall–Kier alpha value is -0.0151. The Morgan fingerprint density at radius 3 is 1.53 bits per heavy atom. The van der Waals surface area contributed by atoms with Gasteiger partial charge in [-0.15, -0.1) is 0 Å². The predicted octanol–water partition coefficient (Wildman–Crippen LogP) is 4.15. The molecule has 1 heterocycles. The molecule has 1 saturated heterocycles. The summed E-state index contributed by atoms with van der Waals surface area (Å²) in [6, 6.07) is 0. The van der Waals surface area contributed by atoms with E-state index < -0.39 is 0 Å². The Morgan fingerprint density at radius 2 is 1.24 bits per heavy atom. The monoisotopic (exact) mass is 240 g/mol. The highest BCUT2D eigenvalue weighted by Gasteiger charge is 2.65. The van der Waals surface area contributed by atoms with Crippen LogP contribution in [0.5, 0.6) is 0 Å². The first-order chi connectivity index (χ1) is 7.94. The largest absolute Gasteiger partial charge is 0.454 e. The van der Waals surface area contributed by atoms with Gasteiger partial charge in [0.05, 0.1) is 11.2 Å². The van der Waals surface area contributed by atoms with E-state index in [4.69, 9.17) is 9.31 Å². The Labute approximate surface area is 108 Å². The van der Waals surface area contributed by atoms with Crippen molar-refractivity contribution in [2.45, 2.75) is 78.8 Å². The molecule has 0 amide bonds. The molecule has 1 aliphatic carbocycles. The fraction of sp³-hybridized carbons (Fsp3) is 1.00. The molecular formula is C14H29BO2. The SMILES string of the molecule is CB1OC2(C(C)C)CCCC2(C(C)C)O1.CC. The lowest BCUT2D eigenvalue weighted by molar-refractivity contribution is -0.0829. The van der Waals surface area contributed by atoms with Crippen LogP contribution in [0.3, 0.4) is 0 Å². The number of rotatable bonds is 2. The van der Waals surface area contributed by atoms with Gasteiger partial charge in [-0.3, -0.25) is 0 Å². The molecule has 0 N–H and O–H groups in total. The quantitative estimate of drug-likeness (QED) is 0.675. The topological polar surface area (TPSA) is 18.5 Å². The molecule has 0 radical (unpaired) electrons. The van der Waals surface area contributed by atoms with Crippen LogP contribution in [0, 0.1) is 11.8 Å². The summed E-state index contributed by atoms with van der Waals surface area (Å²) in [5, 5.41) is 0. The lowest BCUT2D eigenvalue weighted by Gasteiger charge is -2.44. The number of hydrogen-bond donors (Lipinski definition) is 0. The van der Waals surface area contributed by atoms with Crippen LogP contribution in [0.15, 0.2) is 0 Å². The van der Waals surface area contributed by atoms with Gasteiger partial charge in [-0.1, -0.05) is 41.5 Å². The van der Waals surface area contributed by atoms with Crippen molar-refractivity contribution in [2.24, 2.45) is 11.8 Å². The van der Waals surface area contributed by atoms with Crippen LogP contribution in [0.4, 0.5) is 0 Å². The van der Waals surface area contributed by atoms with Gasteiger partial charge in [0.1, 0.15) is 0 Å². The molecule has 0 aromatic carbocycles. The molecular weight excluding hydrogens is 211 g/mol. The lowest BCUT2D eigenvalue weighted by Crippen LogP contribution is -2.54. The van der Waals surface area contributed by atoms with E-state index in [2.05, 4.69) is 27.7 Å². The van der Waals surface area contributed by atoms with Gasteiger partial charge in [0.2, 0.25) is 0 Å². The molecule has 100 valence electrons. The first-order valence-corrected chi connectivity index (χ1v) is 7.30. The summed E-state index contributed by atoms with van der Waals surface area (Å²) in [6.07, 6.45) is 3.56. The standard InChI is InChI=1S/C12H23BO2.C2H6/c1-9(2)11-7-6-8-12(11,10(3)4)15-13(5)14-11;1-2/h9-10H,6-8H2,1-5H3;1-2H3. The highest BCUT2D eigenvalue weighted by Crippen LogP contribution is 2.56. The summed E-state index contributed by atoms with van der Waals surface area (Å²) in [4.78, 5) is 0. The molecule has 0 aromatic heterocycles. The van der Waals surface area contributed by atoms with E-state index in [-0.39, 0.29) is 18.3 Å². The maximum atomic E-state index is 6.18. The Balaban J connectivity index is 0.000000686. The third kappa shape index (κ3) is 2.06. The Morgan fingerprint density at radius 1 is 0.882 bits per heavy atom. The van der Waals surface area contributed by atoms with Gasteiger partial charge < -0.3 is 9.31 Å². The zero-order chi connectivity index (χ0) is 13.3. The summed E-state index contributed by atoms with van der Waals surface area (Å²) in [6.45, 7) is 15.1. The van der Waals surface area contributed by atoms with Crippen molar-refractivity contribution in [3.8, 4) is 0 Å². The van der Waals surface area contributed by atoms with Crippen LogP contribution in [-0.2, 0) is 9.31 Å². The number of fused-ring (bicyclic) bond motifs is 1. The molecule has 0 spiro atoms. The second kappa shape index (κ2) is 5.32. The van der Waals surface area contributed by atoms with E-state index in [1.807, 2.05) is 20.7 Å². The van der Waals surface area contributed by atoms with Crippen molar-refractivity contribution in [1.29, 1.82) is 0 Å². The molecule has 2 fully saturated rings. The summed E-state index contributed by atoms with van der Waals surface area (Å²) >= 11 is 0. The van der Waals surface area contributed by atoms with Crippen LogP contribution in [0.2, 0.25) is 6.82 Å². The van der Waals surface area contributed by atoms with Gasteiger partial charge in [0.15, 0.2) is 0 Å². The fourth-order valence-electron chi connectivity index (χ4n) is 3.80. The maximum Gasteiger partial charge on any atom is 0.454 e. The molecule has 0 bridgehead atoms. The van der Waals surface area contributed by atoms with Crippen molar-refractivity contribution in [3.05, 3.63) is 0 Å². The third-order valence-electron chi connectivity index (χ3n) is 4.43. The van der Waals surface area contributed by atoms with Gasteiger partial charge >= 0.3 is 7.12 Å². The highest BCUT2D eigenvalue weighted by molar-refractivity contribution is 6.43. The molecule has 2 nitrogen and oxygen atoms in total. The summed E-state index contributed by atoms with van der Waals surface area (Å²) in [7, 11) is -0.0323. The van der Waals surface area contributed by atoms with E-state index in [0.29, 0.717) is 11.8 Å². The van der Waals surface area contributed by atoms with Crippen LogP contribution in [0.25, 0.3) is 0 Å². The molecule has 2 rings (SSSR count). The third-order valence-corrected chi connectivity index (χ3v) is 4.43. The molecule has 2 unspecified atom stereocenters. The molecule has 2 atom stereocenters. The van der Waals surface area contributed by atoms with Crippen molar-refractivity contribution in [1.82, 2.24) is 0 Å². The second-order valence-electron chi connectivity index (χ2n) is 5.75. The van der Waals surface area contributed by atoms with Crippen molar-refractivity contribution in [2.75, 3.05) is 0 Å². The van der Waals surface area contributed by atoms with Gasteiger partial charge in [0, 0.05) is 0 Å². The predicted molar refractivity (Wildman–Crippen MR) is 74.1 cm³/mol. The number of hydrogen-bond acceptors (Lipinski definition) is 2. The minimum atomic E-state index is -0.0323. The molecule has 0 aromatic rings. The molecule has 3 heteroatoms. The van der Waals surface area contributed by atoms with Crippen molar-refractivity contribution in [3.63, 3.8) is 0 Å². The maximum absolute atomic E-state index is 6.18. The minimum absolute atomic E-state index is 0.0272. The normalized spacial score (nSPS) is 36.2. The average molecular weight is 240 g/mol. The summed E-state index contributed by atoms with van der Waals surface area (Å²) in [5.74, 6) is 1.07. The van der Waals surface area contributed by atoms with Crippen LogP contribution < -0.4 is 0 Å². The molecule has 1 saturated carbocycles. The zero-order valence-corrected chi connectivity index (χ0v) is 12.7. The van der Waals surface area contributed by atoms with Crippen molar-refractivity contribution < 1.29 is 9.31 Å². The van der Waals surface area contributed by atoms with E-state index in [1.54, 1.807) is 0 Å². The minimum Gasteiger partial charge on any atom is -0.402 e. The fourth-order valence-corrected chi connectivity index (χ4v) is 3.80. The highest BCUT2D eigenvalue weighted by atomic mass is 16.7. The van der Waals surface area contributed by atoms with E-state index >= 15 is 0 Å². The molecule has 17 heavy (non-hydrogen) atoms. The van der Waals surface area contributed by atoms with Crippen molar-refractivity contribution >= 4 is 7.12 Å². The van der Waals surface area contributed by atoms with Crippen LogP contribution >= 0.6 is 0 Å². The molecule has 2 aliphatic rings. The second-order valence-corrected chi connectivity index (χ2v) is 5.75. The lowest BCUT2D eigenvalue weighted by atomic mass is 9.72. The van der Waals surface area contributed by atoms with Crippen LogP contribution in [0.1, 0.15) is 60.8 Å². The first kappa shape index (κ1) is 15.0. The first-order valence-electron chi connectivity index (χ1n) is 7.30. The van der Waals surface area contributed by atoms with Gasteiger partial charge in [0.25, 0.3) is 0 Å². The molecule has 1 aliphatic heterocycles. The average Bonchev–Trinajstić information content (AvgIpc) is 2.73. The Kier molecular flexibility index (Phi) is 4.70. The van der Waals surface area contributed by atoms with Gasteiger partial charge in [-0.05, 0) is 37.9 Å². The smallest absolute Gasteiger partial charge is 0.402 e.